The zero-order valence-electron chi connectivity index (χ0n) is 12.7. The number of carbonyl (C=O) groups excluding carboxylic acids is 1. The number of aryl methyl sites for hydroxylation is 1. The van der Waals surface area contributed by atoms with Gasteiger partial charge in [-0.05, 0) is 44.7 Å². The van der Waals surface area contributed by atoms with E-state index >= 15 is 0 Å². The van der Waals surface area contributed by atoms with E-state index < -0.39 is 5.63 Å². The summed E-state index contributed by atoms with van der Waals surface area (Å²) in [5.74, 6) is 0.703. The van der Waals surface area contributed by atoms with Crippen LogP contribution in [0.1, 0.15) is 60.2 Å². The minimum atomic E-state index is -0.529. The van der Waals surface area contributed by atoms with Crippen LogP contribution in [-0.4, -0.2) is 25.7 Å². The largest absolute Gasteiger partial charge is 0.427 e. The molecule has 2 rings (SSSR count). The molecule has 0 radical (unpaired) electrons. The summed E-state index contributed by atoms with van der Waals surface area (Å²) < 4.78 is 10.5. The summed E-state index contributed by atoms with van der Waals surface area (Å²) in [7, 11) is 0. The minimum Gasteiger partial charge on any atom is -0.427 e. The van der Waals surface area contributed by atoms with Crippen molar-refractivity contribution in [1.29, 1.82) is 0 Å². The molecule has 1 amide bonds. The van der Waals surface area contributed by atoms with Crippen molar-refractivity contribution in [3.8, 4) is 0 Å². The molecule has 0 atom stereocenters. The van der Waals surface area contributed by atoms with Crippen LogP contribution in [0.15, 0.2) is 15.3 Å². The molecule has 0 bridgehead atoms. The van der Waals surface area contributed by atoms with E-state index in [2.05, 4.69) is 5.32 Å². The third-order valence-electron chi connectivity index (χ3n) is 3.86. The first-order valence-electron chi connectivity index (χ1n) is 7.64. The first kappa shape index (κ1) is 15.8. The molecule has 1 aromatic rings. The number of nitrogens with one attached hydrogen (secondary N) is 1. The van der Waals surface area contributed by atoms with E-state index in [1.807, 2.05) is 13.0 Å². The van der Waals surface area contributed by atoms with E-state index in [1.165, 1.54) is 6.42 Å². The Labute approximate surface area is 124 Å². The molecular weight excluding hydrogens is 270 g/mol. The van der Waals surface area contributed by atoms with Crippen molar-refractivity contribution in [2.75, 3.05) is 19.8 Å². The van der Waals surface area contributed by atoms with Crippen LogP contribution in [0.25, 0.3) is 0 Å². The number of carbonyl (C=O) groups is 1. The molecule has 0 saturated heterocycles. The molecule has 1 aromatic heterocycles. The van der Waals surface area contributed by atoms with Gasteiger partial charge < -0.3 is 14.5 Å². The second-order valence-electron chi connectivity index (χ2n) is 5.43. The summed E-state index contributed by atoms with van der Waals surface area (Å²) in [6.07, 6.45) is 4.02. The number of hydrogen-bond donors (Lipinski definition) is 1. The summed E-state index contributed by atoms with van der Waals surface area (Å²) in [6.45, 7) is 5.47. The maximum Gasteiger partial charge on any atom is 0.349 e. The predicted octanol–water partition coefficient (Wildman–Crippen LogP) is 2.37. The Kier molecular flexibility index (Phi) is 5.56. The summed E-state index contributed by atoms with van der Waals surface area (Å²) in [5, 5.41) is 2.74. The number of rotatable bonds is 7. The van der Waals surface area contributed by atoms with Crippen molar-refractivity contribution in [2.45, 2.75) is 45.4 Å². The molecular formula is C16H23NO4. The Morgan fingerprint density at radius 1 is 1.48 bits per heavy atom. The molecule has 0 unspecified atom stereocenters. The zero-order valence-corrected chi connectivity index (χ0v) is 12.7. The Balaban J connectivity index is 1.98. The first-order chi connectivity index (χ1) is 10.1. The van der Waals surface area contributed by atoms with E-state index in [0.717, 1.165) is 25.0 Å². The smallest absolute Gasteiger partial charge is 0.349 e. The molecule has 1 N–H and O–H groups in total. The van der Waals surface area contributed by atoms with Crippen LogP contribution in [0.2, 0.25) is 0 Å². The third-order valence-corrected chi connectivity index (χ3v) is 3.86. The van der Waals surface area contributed by atoms with Crippen LogP contribution in [0.5, 0.6) is 0 Å². The SMILES string of the molecule is CCOCCCNC(=O)c1c(C)cc(C2CCC2)oc1=O. The second kappa shape index (κ2) is 7.41. The van der Waals surface area contributed by atoms with Crippen LogP contribution in [0.3, 0.4) is 0 Å². The van der Waals surface area contributed by atoms with E-state index in [1.54, 1.807) is 6.92 Å². The highest BCUT2D eigenvalue weighted by Crippen LogP contribution is 2.36. The van der Waals surface area contributed by atoms with Crippen molar-refractivity contribution in [1.82, 2.24) is 5.32 Å². The van der Waals surface area contributed by atoms with Crippen LogP contribution in [-0.2, 0) is 4.74 Å². The Bertz CT molecular complexity index is 546. The molecule has 21 heavy (non-hydrogen) atoms. The predicted molar refractivity (Wildman–Crippen MR) is 79.8 cm³/mol. The highest BCUT2D eigenvalue weighted by Gasteiger charge is 2.25. The highest BCUT2D eigenvalue weighted by molar-refractivity contribution is 5.95. The van der Waals surface area contributed by atoms with Gasteiger partial charge in [-0.3, -0.25) is 4.79 Å². The normalized spacial score (nSPS) is 14.8. The Morgan fingerprint density at radius 3 is 2.81 bits per heavy atom. The van der Waals surface area contributed by atoms with Crippen LogP contribution in [0, 0.1) is 6.92 Å². The maximum atomic E-state index is 12.1. The van der Waals surface area contributed by atoms with Crippen molar-refractivity contribution >= 4 is 5.91 Å². The molecule has 5 nitrogen and oxygen atoms in total. The van der Waals surface area contributed by atoms with Crippen LogP contribution in [0.4, 0.5) is 0 Å². The fourth-order valence-corrected chi connectivity index (χ4v) is 2.41. The summed E-state index contributed by atoms with van der Waals surface area (Å²) in [5.41, 5.74) is 0.282. The molecule has 1 fully saturated rings. The Hall–Kier alpha value is -1.62. The maximum absolute atomic E-state index is 12.1. The van der Waals surface area contributed by atoms with Gasteiger partial charge in [0, 0.05) is 25.7 Å². The molecule has 0 spiro atoms. The quantitative estimate of drug-likeness (QED) is 0.784. The summed E-state index contributed by atoms with van der Waals surface area (Å²) in [4.78, 5) is 24.1. The second-order valence-corrected chi connectivity index (χ2v) is 5.43. The fraction of sp³-hybridized carbons (Fsp3) is 0.625. The topological polar surface area (TPSA) is 68.5 Å². The molecule has 116 valence electrons. The number of amides is 1. The third kappa shape index (κ3) is 3.94. The van der Waals surface area contributed by atoms with E-state index in [4.69, 9.17) is 9.15 Å². The van der Waals surface area contributed by atoms with Gasteiger partial charge in [0.2, 0.25) is 0 Å². The molecule has 1 aliphatic rings. The van der Waals surface area contributed by atoms with Gasteiger partial charge in [-0.25, -0.2) is 4.79 Å². The van der Waals surface area contributed by atoms with Gasteiger partial charge in [-0.1, -0.05) is 6.42 Å². The van der Waals surface area contributed by atoms with Gasteiger partial charge in [0.05, 0.1) is 0 Å². The lowest BCUT2D eigenvalue weighted by atomic mass is 9.83. The van der Waals surface area contributed by atoms with Crippen LogP contribution >= 0.6 is 0 Å². The lowest BCUT2D eigenvalue weighted by Crippen LogP contribution is -2.31. The van der Waals surface area contributed by atoms with Crippen molar-refractivity contribution in [3.05, 3.63) is 33.4 Å². The van der Waals surface area contributed by atoms with E-state index in [-0.39, 0.29) is 11.5 Å². The molecule has 5 heteroatoms. The average Bonchev–Trinajstić information content (AvgIpc) is 2.35. The summed E-state index contributed by atoms with van der Waals surface area (Å²) in [6, 6.07) is 1.83. The molecule has 0 aliphatic heterocycles. The van der Waals surface area contributed by atoms with E-state index in [0.29, 0.717) is 31.2 Å². The van der Waals surface area contributed by atoms with Crippen molar-refractivity contribution < 1.29 is 13.9 Å². The van der Waals surface area contributed by atoms with Gasteiger partial charge in [-0.15, -0.1) is 0 Å². The zero-order chi connectivity index (χ0) is 15.2. The number of hydrogen-bond acceptors (Lipinski definition) is 4. The number of ether oxygens (including phenoxy) is 1. The summed E-state index contributed by atoms with van der Waals surface area (Å²) >= 11 is 0. The van der Waals surface area contributed by atoms with Gasteiger partial charge in [0.1, 0.15) is 11.3 Å². The van der Waals surface area contributed by atoms with Gasteiger partial charge in [-0.2, -0.15) is 0 Å². The van der Waals surface area contributed by atoms with Crippen LogP contribution < -0.4 is 10.9 Å². The van der Waals surface area contributed by atoms with Gasteiger partial charge >= 0.3 is 5.63 Å². The lowest BCUT2D eigenvalue weighted by Gasteiger charge is -2.24. The average molecular weight is 293 g/mol. The van der Waals surface area contributed by atoms with E-state index in [9.17, 15) is 9.59 Å². The Morgan fingerprint density at radius 2 is 2.24 bits per heavy atom. The lowest BCUT2D eigenvalue weighted by molar-refractivity contribution is 0.0939. The van der Waals surface area contributed by atoms with Gasteiger partial charge in [0.25, 0.3) is 5.91 Å². The highest BCUT2D eigenvalue weighted by atomic mass is 16.5. The van der Waals surface area contributed by atoms with Gasteiger partial charge in [0.15, 0.2) is 0 Å². The van der Waals surface area contributed by atoms with Crippen molar-refractivity contribution in [2.24, 2.45) is 0 Å². The fourth-order valence-electron chi connectivity index (χ4n) is 2.41. The monoisotopic (exact) mass is 293 g/mol. The van der Waals surface area contributed by atoms with Crippen molar-refractivity contribution in [3.63, 3.8) is 0 Å². The molecule has 0 aromatic carbocycles. The first-order valence-corrected chi connectivity index (χ1v) is 7.64. The standard InChI is InChI=1S/C16H23NO4/c1-3-20-9-5-8-17-15(18)14-11(2)10-13(21-16(14)19)12-6-4-7-12/h10,12H,3-9H2,1-2H3,(H,17,18). The molecule has 1 heterocycles. The minimum absolute atomic E-state index is 0.120. The molecule has 1 aliphatic carbocycles. The molecule has 1 saturated carbocycles.